The van der Waals surface area contributed by atoms with E-state index >= 15 is 0 Å². The van der Waals surface area contributed by atoms with Crippen molar-refractivity contribution >= 4 is 12.6 Å². The molecule has 1 aromatic heterocycles. The highest BCUT2D eigenvalue weighted by atomic mass is 19.3. The van der Waals surface area contributed by atoms with Crippen LogP contribution in [0.2, 0.25) is 0 Å². The van der Waals surface area contributed by atoms with Crippen molar-refractivity contribution in [1.82, 2.24) is 9.78 Å². The van der Waals surface area contributed by atoms with Gasteiger partial charge in [-0.05, 0) is 27.7 Å². The number of nitrogens with zero attached hydrogens (tertiary/aromatic N) is 2. The van der Waals surface area contributed by atoms with Crippen LogP contribution in [0, 0.1) is 0 Å². The summed E-state index contributed by atoms with van der Waals surface area (Å²) in [5.41, 5.74) is -0.223. The first kappa shape index (κ1) is 13.5. The number of rotatable bonds is 3. The Morgan fingerprint density at radius 1 is 1.28 bits per heavy atom. The first-order valence-corrected chi connectivity index (χ1v) is 5.87. The lowest BCUT2D eigenvalue weighted by Crippen LogP contribution is -2.41. The minimum Gasteiger partial charge on any atom is -0.399 e. The molecule has 0 unspecified atom stereocenters. The van der Waals surface area contributed by atoms with Gasteiger partial charge in [-0.25, -0.2) is 8.78 Å². The number of hydrogen-bond donors (Lipinski definition) is 0. The van der Waals surface area contributed by atoms with Gasteiger partial charge in [0.05, 0.1) is 11.2 Å². The minimum atomic E-state index is -2.42. The van der Waals surface area contributed by atoms with Crippen LogP contribution in [0.1, 0.15) is 27.7 Å². The molecule has 1 aromatic rings. The number of alkyl halides is 2. The quantitative estimate of drug-likeness (QED) is 0.770. The molecule has 0 spiro atoms. The number of hydrogen-bond acceptors (Lipinski definition) is 3. The number of aromatic nitrogens is 2. The van der Waals surface area contributed by atoms with E-state index < -0.39 is 31.3 Å². The summed E-state index contributed by atoms with van der Waals surface area (Å²) in [7, 11) is -0.554. The molecular weight excluding hydrogens is 241 g/mol. The van der Waals surface area contributed by atoms with Crippen molar-refractivity contribution in [3.05, 3.63) is 12.4 Å². The van der Waals surface area contributed by atoms with Crippen molar-refractivity contribution in [1.29, 1.82) is 0 Å². The van der Waals surface area contributed by atoms with Crippen molar-refractivity contribution in [2.45, 2.75) is 51.9 Å². The summed E-state index contributed by atoms with van der Waals surface area (Å²) >= 11 is 0. The highest BCUT2D eigenvalue weighted by molar-refractivity contribution is 6.61. The molecule has 0 bridgehead atoms. The third kappa shape index (κ3) is 2.42. The van der Waals surface area contributed by atoms with Crippen LogP contribution in [0.4, 0.5) is 8.78 Å². The second kappa shape index (κ2) is 4.31. The minimum absolute atomic E-state index is 0.417. The van der Waals surface area contributed by atoms with Crippen LogP contribution in [-0.4, -0.2) is 34.5 Å². The van der Waals surface area contributed by atoms with Crippen LogP contribution in [0.5, 0.6) is 0 Å². The standard InChI is InChI=1S/C11H17BF2N2O2/c1-10(2)11(3,4)18-12(17-10)8-5-15-16(6-8)7-9(13)14/h5-6,9H,7H2,1-4H3. The van der Waals surface area contributed by atoms with Gasteiger partial charge in [0.25, 0.3) is 6.43 Å². The number of halogens is 2. The fourth-order valence-electron chi connectivity index (χ4n) is 1.72. The third-order valence-corrected chi connectivity index (χ3v) is 3.50. The van der Waals surface area contributed by atoms with E-state index in [9.17, 15) is 8.78 Å². The average Bonchev–Trinajstić information content (AvgIpc) is 2.70. The molecule has 2 rings (SSSR count). The van der Waals surface area contributed by atoms with Gasteiger partial charge in [-0.2, -0.15) is 5.10 Å². The Bertz CT molecular complexity index is 418. The van der Waals surface area contributed by atoms with Crippen molar-refractivity contribution in [2.24, 2.45) is 0 Å². The van der Waals surface area contributed by atoms with Crippen LogP contribution < -0.4 is 5.46 Å². The fraction of sp³-hybridized carbons (Fsp3) is 0.727. The summed E-state index contributed by atoms with van der Waals surface area (Å²) in [5.74, 6) is 0. The van der Waals surface area contributed by atoms with Crippen LogP contribution in [0.3, 0.4) is 0 Å². The van der Waals surface area contributed by atoms with Crippen LogP contribution >= 0.6 is 0 Å². The monoisotopic (exact) mass is 258 g/mol. The van der Waals surface area contributed by atoms with Crippen LogP contribution in [0.25, 0.3) is 0 Å². The van der Waals surface area contributed by atoms with Gasteiger partial charge in [0, 0.05) is 17.9 Å². The maximum atomic E-state index is 12.2. The Kier molecular flexibility index (Phi) is 3.23. The Morgan fingerprint density at radius 3 is 2.33 bits per heavy atom. The van der Waals surface area contributed by atoms with Crippen molar-refractivity contribution in [2.75, 3.05) is 0 Å². The Hall–Kier alpha value is -0.945. The Balaban J connectivity index is 2.12. The van der Waals surface area contributed by atoms with Gasteiger partial charge in [-0.3, -0.25) is 4.68 Å². The topological polar surface area (TPSA) is 36.3 Å². The molecule has 0 aromatic carbocycles. The van der Waals surface area contributed by atoms with E-state index in [2.05, 4.69) is 5.10 Å². The summed E-state index contributed by atoms with van der Waals surface area (Å²) in [6.45, 7) is 7.35. The SMILES string of the molecule is CC1(C)OB(c2cnn(CC(F)F)c2)OC1(C)C. The second-order valence-electron chi connectivity index (χ2n) is 5.48. The molecule has 0 atom stereocenters. The zero-order valence-electron chi connectivity index (χ0n) is 11.0. The molecule has 100 valence electrons. The Morgan fingerprint density at radius 2 is 1.83 bits per heavy atom. The summed E-state index contributed by atoms with van der Waals surface area (Å²) < 4.78 is 37.3. The lowest BCUT2D eigenvalue weighted by atomic mass is 9.82. The summed E-state index contributed by atoms with van der Waals surface area (Å²) in [4.78, 5) is 0. The predicted molar refractivity (Wildman–Crippen MR) is 63.9 cm³/mol. The highest BCUT2D eigenvalue weighted by Crippen LogP contribution is 2.36. The van der Waals surface area contributed by atoms with Gasteiger partial charge >= 0.3 is 7.12 Å². The maximum Gasteiger partial charge on any atom is 0.498 e. The van der Waals surface area contributed by atoms with E-state index in [1.165, 1.54) is 17.1 Å². The fourth-order valence-corrected chi connectivity index (χ4v) is 1.72. The largest absolute Gasteiger partial charge is 0.498 e. The first-order chi connectivity index (χ1) is 8.21. The van der Waals surface area contributed by atoms with Crippen LogP contribution in [0.15, 0.2) is 12.4 Å². The molecule has 18 heavy (non-hydrogen) atoms. The molecule has 7 heteroatoms. The molecule has 1 aliphatic rings. The molecular formula is C11H17BF2N2O2. The molecule has 1 aliphatic heterocycles. The normalized spacial score (nSPS) is 21.8. The first-order valence-electron chi connectivity index (χ1n) is 5.87. The smallest absolute Gasteiger partial charge is 0.399 e. The summed E-state index contributed by atoms with van der Waals surface area (Å²) in [5, 5.41) is 3.87. The second-order valence-corrected chi connectivity index (χ2v) is 5.48. The lowest BCUT2D eigenvalue weighted by Gasteiger charge is -2.32. The maximum absolute atomic E-state index is 12.2. The molecule has 0 radical (unpaired) electrons. The highest BCUT2D eigenvalue weighted by Gasteiger charge is 2.52. The van der Waals surface area contributed by atoms with Crippen LogP contribution in [-0.2, 0) is 15.9 Å². The summed E-state index contributed by atoms with van der Waals surface area (Å²) in [6, 6.07) is 0. The van der Waals surface area contributed by atoms with Gasteiger partial charge in [0.2, 0.25) is 0 Å². The van der Waals surface area contributed by atoms with E-state index in [-0.39, 0.29) is 0 Å². The zero-order valence-corrected chi connectivity index (χ0v) is 11.0. The molecule has 1 fully saturated rings. The predicted octanol–water partition coefficient (Wildman–Crippen LogP) is 1.45. The van der Waals surface area contributed by atoms with Gasteiger partial charge in [-0.1, -0.05) is 0 Å². The van der Waals surface area contributed by atoms with E-state index in [1.807, 2.05) is 27.7 Å². The molecule has 0 N–H and O–H groups in total. The molecule has 0 saturated carbocycles. The van der Waals surface area contributed by atoms with Gasteiger partial charge < -0.3 is 9.31 Å². The van der Waals surface area contributed by atoms with Gasteiger partial charge in [-0.15, -0.1) is 0 Å². The van der Waals surface area contributed by atoms with Crippen molar-refractivity contribution in [3.63, 3.8) is 0 Å². The average molecular weight is 258 g/mol. The molecule has 0 aliphatic carbocycles. The lowest BCUT2D eigenvalue weighted by molar-refractivity contribution is 0.00578. The van der Waals surface area contributed by atoms with E-state index in [0.717, 1.165) is 0 Å². The van der Waals surface area contributed by atoms with E-state index in [1.54, 1.807) is 0 Å². The van der Waals surface area contributed by atoms with Gasteiger partial charge in [0.15, 0.2) is 0 Å². The van der Waals surface area contributed by atoms with E-state index in [4.69, 9.17) is 9.31 Å². The zero-order chi connectivity index (χ0) is 13.6. The molecule has 4 nitrogen and oxygen atoms in total. The molecule has 1 saturated heterocycles. The van der Waals surface area contributed by atoms with Crippen molar-refractivity contribution < 1.29 is 18.1 Å². The third-order valence-electron chi connectivity index (χ3n) is 3.50. The van der Waals surface area contributed by atoms with E-state index in [0.29, 0.717) is 5.46 Å². The summed E-state index contributed by atoms with van der Waals surface area (Å²) in [6.07, 6.45) is 0.620. The molecule has 2 heterocycles. The van der Waals surface area contributed by atoms with Crippen molar-refractivity contribution in [3.8, 4) is 0 Å². The Labute approximate surface area is 105 Å². The van der Waals surface area contributed by atoms with Gasteiger partial charge in [0.1, 0.15) is 6.54 Å². The molecule has 0 amide bonds.